The summed E-state index contributed by atoms with van der Waals surface area (Å²) in [6.45, 7) is 3.47. The van der Waals surface area contributed by atoms with Gasteiger partial charge in [0.2, 0.25) is 5.82 Å². The summed E-state index contributed by atoms with van der Waals surface area (Å²) in [5.74, 6) is 1.32. The van der Waals surface area contributed by atoms with Crippen molar-refractivity contribution >= 4 is 11.2 Å². The van der Waals surface area contributed by atoms with E-state index < -0.39 is 0 Å². The highest BCUT2D eigenvalue weighted by molar-refractivity contribution is 5.80. The molecule has 11 heteroatoms. The van der Waals surface area contributed by atoms with Gasteiger partial charge in [-0.2, -0.15) is 5.21 Å². The number of nitrogens with one attached hydrogen (secondary N) is 1. The van der Waals surface area contributed by atoms with Crippen LogP contribution in [0.5, 0.6) is 0 Å². The number of benzene rings is 3. The number of rotatable bonds is 13. The van der Waals surface area contributed by atoms with Crippen LogP contribution in [-0.4, -0.2) is 53.0 Å². The molecule has 0 spiro atoms. The fourth-order valence-electron chi connectivity index (χ4n) is 5.68. The van der Waals surface area contributed by atoms with E-state index in [1.807, 2.05) is 59.2 Å². The molecular weight excluding hydrogens is 568 g/mol. The largest absolute Gasteiger partial charge is 0.383 e. The Labute approximate surface area is 260 Å². The summed E-state index contributed by atoms with van der Waals surface area (Å²) in [6, 6.07) is 26.1. The van der Waals surface area contributed by atoms with Crippen molar-refractivity contribution in [2.24, 2.45) is 0 Å². The Morgan fingerprint density at radius 1 is 0.800 bits per heavy atom. The van der Waals surface area contributed by atoms with Gasteiger partial charge in [0.25, 0.3) is 5.56 Å². The van der Waals surface area contributed by atoms with Crippen LogP contribution >= 0.6 is 0 Å². The number of hydrogen-bond donors (Lipinski definition) is 1. The molecule has 3 aromatic heterocycles. The maximum atomic E-state index is 14.1. The number of methoxy groups -OCH3 is 1. The van der Waals surface area contributed by atoms with Crippen molar-refractivity contribution < 1.29 is 4.74 Å². The highest BCUT2D eigenvalue weighted by Gasteiger charge is 2.22. The Bertz CT molecular complexity index is 1990. The van der Waals surface area contributed by atoms with E-state index in [1.54, 1.807) is 11.7 Å². The van der Waals surface area contributed by atoms with Gasteiger partial charge < -0.3 is 9.30 Å². The van der Waals surface area contributed by atoms with Crippen LogP contribution in [0.15, 0.2) is 88.5 Å². The zero-order valence-corrected chi connectivity index (χ0v) is 25.5. The van der Waals surface area contributed by atoms with Crippen molar-refractivity contribution in [2.45, 2.75) is 52.2 Å². The van der Waals surface area contributed by atoms with Crippen molar-refractivity contribution in [3.05, 3.63) is 117 Å². The number of aromatic nitrogens is 8. The molecule has 0 radical (unpaired) electrons. The molecule has 3 heterocycles. The van der Waals surface area contributed by atoms with Crippen LogP contribution in [-0.2, 0) is 37.2 Å². The number of hydrogen-bond acceptors (Lipinski definition) is 7. The minimum absolute atomic E-state index is 0.272. The fourth-order valence-corrected chi connectivity index (χ4v) is 5.68. The van der Waals surface area contributed by atoms with E-state index >= 15 is 0 Å². The van der Waals surface area contributed by atoms with Crippen molar-refractivity contribution in [2.75, 3.05) is 13.7 Å². The smallest absolute Gasteiger partial charge is 0.332 e. The molecule has 1 N–H and O–H groups in total. The van der Waals surface area contributed by atoms with Crippen LogP contribution in [0.3, 0.4) is 0 Å². The SMILES string of the molecule is CCCCc1nc2c(c(=O)n(CCc3ccccc3)c(=O)n2CCOC)n1Cc1ccc(-c2ccccc2-c2nn[nH]n2)cc1. The number of imidazole rings is 1. The zero-order valence-electron chi connectivity index (χ0n) is 25.5. The monoisotopic (exact) mass is 604 g/mol. The van der Waals surface area contributed by atoms with Gasteiger partial charge in [0.15, 0.2) is 11.2 Å². The summed E-state index contributed by atoms with van der Waals surface area (Å²) in [5.41, 5.74) is 5.13. The first-order valence-electron chi connectivity index (χ1n) is 15.3. The Balaban J connectivity index is 1.42. The molecule has 0 fully saturated rings. The van der Waals surface area contributed by atoms with Gasteiger partial charge in [-0.25, -0.2) is 9.78 Å². The summed E-state index contributed by atoms with van der Waals surface area (Å²) in [5, 5.41) is 14.6. The normalized spacial score (nSPS) is 11.4. The number of unbranched alkanes of at least 4 members (excludes halogenated alkanes) is 1. The summed E-state index contributed by atoms with van der Waals surface area (Å²) in [4.78, 5) is 32.8. The van der Waals surface area contributed by atoms with E-state index in [0.717, 1.165) is 46.5 Å². The lowest BCUT2D eigenvalue weighted by Crippen LogP contribution is -2.41. The van der Waals surface area contributed by atoms with E-state index in [0.29, 0.717) is 49.5 Å². The van der Waals surface area contributed by atoms with Gasteiger partial charge in [0.1, 0.15) is 5.82 Å². The van der Waals surface area contributed by atoms with Gasteiger partial charge in [0.05, 0.1) is 13.2 Å². The average Bonchev–Trinajstić information content (AvgIpc) is 3.74. The third-order valence-corrected chi connectivity index (χ3v) is 8.05. The maximum Gasteiger partial charge on any atom is 0.332 e. The Morgan fingerprint density at radius 2 is 1.56 bits per heavy atom. The zero-order chi connectivity index (χ0) is 31.2. The van der Waals surface area contributed by atoms with Gasteiger partial charge in [-0.05, 0) is 40.3 Å². The van der Waals surface area contributed by atoms with Crippen LogP contribution in [0.2, 0.25) is 0 Å². The highest BCUT2D eigenvalue weighted by atomic mass is 16.5. The molecular formula is C34H36N8O3. The maximum absolute atomic E-state index is 14.1. The van der Waals surface area contributed by atoms with Crippen LogP contribution in [0, 0.1) is 0 Å². The fraction of sp³-hybridized carbons (Fsp3) is 0.294. The van der Waals surface area contributed by atoms with Gasteiger partial charge >= 0.3 is 5.69 Å². The number of tetrazole rings is 1. The Kier molecular flexibility index (Phi) is 9.06. The van der Waals surface area contributed by atoms with E-state index in [4.69, 9.17) is 9.72 Å². The molecule has 230 valence electrons. The minimum Gasteiger partial charge on any atom is -0.383 e. The quantitative estimate of drug-likeness (QED) is 0.206. The Morgan fingerprint density at radius 3 is 2.27 bits per heavy atom. The third-order valence-electron chi connectivity index (χ3n) is 8.05. The molecule has 0 unspecified atom stereocenters. The minimum atomic E-state index is -0.364. The van der Waals surface area contributed by atoms with Crippen LogP contribution in [0.25, 0.3) is 33.7 Å². The highest BCUT2D eigenvalue weighted by Crippen LogP contribution is 2.30. The molecule has 6 aromatic rings. The lowest BCUT2D eigenvalue weighted by atomic mass is 9.98. The molecule has 3 aromatic carbocycles. The van der Waals surface area contributed by atoms with Gasteiger partial charge in [0, 0.05) is 32.2 Å². The first kappa shape index (κ1) is 29.9. The van der Waals surface area contributed by atoms with Crippen molar-refractivity contribution in [3.8, 4) is 22.5 Å². The number of nitrogens with zero attached hydrogens (tertiary/aromatic N) is 7. The Hall–Kier alpha value is -5.16. The molecule has 6 rings (SSSR count). The summed E-state index contributed by atoms with van der Waals surface area (Å²) >= 11 is 0. The molecule has 0 amide bonds. The summed E-state index contributed by atoms with van der Waals surface area (Å²) < 4.78 is 10.3. The van der Waals surface area contributed by atoms with Gasteiger partial charge in [-0.3, -0.25) is 13.9 Å². The standard InChI is InChI=1S/C34H36N8O3/c1-3-4-14-29-35-32-30(33(43)41(34(44)40(32)21-22-45-2)20-19-24-10-6-5-7-11-24)42(29)23-25-15-17-26(18-16-25)27-12-8-9-13-28(27)31-36-38-39-37-31/h5-13,15-18H,3-4,14,19-23H2,1-2H3,(H,36,37,38,39). The second-order valence-corrected chi connectivity index (χ2v) is 11.0. The van der Waals surface area contributed by atoms with Crippen molar-refractivity contribution in [3.63, 3.8) is 0 Å². The number of aryl methyl sites for hydroxylation is 2. The molecule has 45 heavy (non-hydrogen) atoms. The third kappa shape index (κ3) is 6.25. The van der Waals surface area contributed by atoms with Gasteiger partial charge in [-0.15, -0.1) is 10.2 Å². The second-order valence-electron chi connectivity index (χ2n) is 11.0. The first-order chi connectivity index (χ1) is 22.1. The van der Waals surface area contributed by atoms with Crippen LogP contribution in [0.4, 0.5) is 0 Å². The van der Waals surface area contributed by atoms with Crippen molar-refractivity contribution in [1.29, 1.82) is 0 Å². The number of aromatic amines is 1. The second kappa shape index (κ2) is 13.6. The number of ether oxygens (including phenoxy) is 1. The van der Waals surface area contributed by atoms with Gasteiger partial charge in [-0.1, -0.05) is 92.2 Å². The van der Waals surface area contributed by atoms with E-state index in [9.17, 15) is 9.59 Å². The molecule has 0 aliphatic rings. The predicted octanol–water partition coefficient (Wildman–Crippen LogP) is 4.49. The molecule has 0 atom stereocenters. The van der Waals surface area contributed by atoms with Crippen LogP contribution in [0.1, 0.15) is 36.7 Å². The molecule has 11 nitrogen and oxygen atoms in total. The first-order valence-corrected chi connectivity index (χ1v) is 15.3. The average molecular weight is 605 g/mol. The molecule has 0 aliphatic heterocycles. The molecule has 0 saturated heterocycles. The molecule has 0 bridgehead atoms. The van der Waals surface area contributed by atoms with Crippen LogP contribution < -0.4 is 11.2 Å². The molecule has 0 saturated carbocycles. The van der Waals surface area contributed by atoms with Crippen molar-refractivity contribution in [1.82, 2.24) is 39.3 Å². The van der Waals surface area contributed by atoms with E-state index in [1.165, 1.54) is 4.57 Å². The topological polar surface area (TPSA) is 126 Å². The van der Waals surface area contributed by atoms with E-state index in [-0.39, 0.29) is 17.8 Å². The molecule has 0 aliphatic carbocycles. The lowest BCUT2D eigenvalue weighted by molar-refractivity contribution is 0.186. The van der Waals surface area contributed by atoms with E-state index in [2.05, 4.69) is 51.8 Å². The lowest BCUT2D eigenvalue weighted by Gasteiger charge is -2.14. The number of H-pyrrole nitrogens is 1. The predicted molar refractivity (Wildman–Crippen MR) is 173 cm³/mol. The number of fused-ring (bicyclic) bond motifs is 1. The summed E-state index contributed by atoms with van der Waals surface area (Å²) in [7, 11) is 1.60. The summed E-state index contributed by atoms with van der Waals surface area (Å²) in [6.07, 6.45) is 3.16.